The second-order valence-corrected chi connectivity index (χ2v) is 12.5. The van der Waals surface area contributed by atoms with E-state index in [1.165, 1.54) is 18.2 Å². The van der Waals surface area contributed by atoms with Crippen LogP contribution in [0, 0.1) is 11.3 Å². The second kappa shape index (κ2) is 14.5. The number of carbonyl (C=O) groups excluding carboxylic acids is 2. The Balaban J connectivity index is 2.01. The van der Waals surface area contributed by atoms with Gasteiger partial charge < -0.3 is 20.1 Å². The maximum Gasteiger partial charge on any atom is 0.573 e. The smallest absolute Gasteiger partial charge is 0.481 e. The first-order valence-electron chi connectivity index (χ1n) is 15.4. The number of nitrogens with one attached hydrogen (secondary N) is 1. The lowest BCUT2D eigenvalue weighted by Gasteiger charge is -2.41. The zero-order valence-electron chi connectivity index (χ0n) is 26.8. The van der Waals surface area contributed by atoms with Gasteiger partial charge >= 0.3 is 12.3 Å². The number of aliphatic imine (C=N–C) groups is 1. The van der Waals surface area contributed by atoms with E-state index >= 15 is 0 Å². The van der Waals surface area contributed by atoms with Crippen molar-refractivity contribution in [2.45, 2.75) is 98.1 Å². The molecular formula is C34H44F3N3O5. The first kappa shape index (κ1) is 35.6. The highest BCUT2D eigenvalue weighted by Gasteiger charge is 2.48. The number of carboxylic acid groups (broad SMARTS) is 1. The number of halogens is 3. The van der Waals surface area contributed by atoms with Crippen LogP contribution in [0.15, 0.2) is 53.5 Å². The van der Waals surface area contributed by atoms with Crippen LogP contribution < -0.4 is 10.1 Å². The van der Waals surface area contributed by atoms with Gasteiger partial charge in [0, 0.05) is 17.7 Å². The van der Waals surface area contributed by atoms with Crippen molar-refractivity contribution in [1.82, 2.24) is 10.2 Å². The van der Waals surface area contributed by atoms with Crippen LogP contribution in [0.5, 0.6) is 5.75 Å². The van der Waals surface area contributed by atoms with Crippen molar-refractivity contribution in [3.05, 3.63) is 65.2 Å². The van der Waals surface area contributed by atoms with Crippen LogP contribution in [0.3, 0.4) is 0 Å². The van der Waals surface area contributed by atoms with Gasteiger partial charge in [-0.2, -0.15) is 0 Å². The van der Waals surface area contributed by atoms with E-state index in [2.05, 4.69) is 37.7 Å². The molecule has 2 aromatic carbocycles. The standard InChI is InChI=1S/C34H44F3N3O5/c1-7-10-27(23-13-15-24(16-14-23)30(43)38-20-18-28(41)42)40-31(44)29(25-11-9-12-26(21-25)45-34(35,36)37)39-33(40,6)19-17-22(3)32(4,5)8-2/h9,11-16,21-22,27H,7-8,10,17-20H2,1-6H3,(H,38,43)(H,41,42). The fraction of sp³-hybridized carbons (Fsp3) is 0.529. The van der Waals surface area contributed by atoms with Crippen LogP contribution in [-0.2, 0) is 9.59 Å². The van der Waals surface area contributed by atoms with Gasteiger partial charge in [-0.15, -0.1) is 13.2 Å². The second-order valence-electron chi connectivity index (χ2n) is 12.5. The predicted molar refractivity (Wildman–Crippen MR) is 166 cm³/mol. The molecule has 0 saturated carbocycles. The number of rotatable bonds is 15. The zero-order chi connectivity index (χ0) is 33.6. The third-order valence-corrected chi connectivity index (χ3v) is 8.99. The highest BCUT2D eigenvalue weighted by Crippen LogP contribution is 2.43. The van der Waals surface area contributed by atoms with Crippen molar-refractivity contribution >= 4 is 23.5 Å². The summed E-state index contributed by atoms with van der Waals surface area (Å²) in [7, 11) is 0. The molecule has 11 heteroatoms. The summed E-state index contributed by atoms with van der Waals surface area (Å²) in [6.07, 6.45) is -1.48. The van der Waals surface area contributed by atoms with E-state index in [9.17, 15) is 27.6 Å². The summed E-state index contributed by atoms with van der Waals surface area (Å²) in [5.74, 6) is -1.94. The van der Waals surface area contributed by atoms with Crippen molar-refractivity contribution in [2.24, 2.45) is 16.3 Å². The van der Waals surface area contributed by atoms with Gasteiger partial charge in [0.25, 0.3) is 11.8 Å². The zero-order valence-corrected chi connectivity index (χ0v) is 26.8. The van der Waals surface area contributed by atoms with Crippen LogP contribution in [0.1, 0.15) is 108 Å². The minimum atomic E-state index is -4.88. The molecule has 8 nitrogen and oxygen atoms in total. The van der Waals surface area contributed by atoms with Crippen molar-refractivity contribution in [1.29, 1.82) is 0 Å². The van der Waals surface area contributed by atoms with Gasteiger partial charge in [-0.05, 0) is 67.3 Å². The monoisotopic (exact) mass is 631 g/mol. The van der Waals surface area contributed by atoms with E-state index < -0.39 is 41.6 Å². The molecule has 3 atom stereocenters. The average molecular weight is 632 g/mol. The van der Waals surface area contributed by atoms with Crippen molar-refractivity contribution in [2.75, 3.05) is 6.54 Å². The third-order valence-electron chi connectivity index (χ3n) is 8.99. The van der Waals surface area contributed by atoms with Gasteiger partial charge in [-0.3, -0.25) is 19.4 Å². The lowest BCUT2D eigenvalue weighted by Crippen LogP contribution is -2.47. The third kappa shape index (κ3) is 9.08. The molecule has 45 heavy (non-hydrogen) atoms. The molecule has 0 aliphatic carbocycles. The van der Waals surface area contributed by atoms with Crippen molar-refractivity contribution in [3.63, 3.8) is 0 Å². The van der Waals surface area contributed by atoms with Gasteiger partial charge in [0.15, 0.2) is 0 Å². The number of nitrogens with zero attached hydrogens (tertiary/aromatic N) is 2. The summed E-state index contributed by atoms with van der Waals surface area (Å²) in [6, 6.07) is 11.7. The molecule has 2 amide bonds. The number of amides is 2. The van der Waals surface area contributed by atoms with Crippen LogP contribution in [0.25, 0.3) is 0 Å². The van der Waals surface area contributed by atoms with E-state index in [4.69, 9.17) is 10.1 Å². The SMILES string of the molecule is CCCC(c1ccc(C(=O)NCCC(=O)O)cc1)N1C(=O)C(c2cccc(OC(F)(F)F)c2)=NC1(C)CCC(C)C(C)(C)CC. The Kier molecular flexibility index (Phi) is 11.4. The molecule has 0 saturated heterocycles. The van der Waals surface area contributed by atoms with Crippen LogP contribution >= 0.6 is 0 Å². The largest absolute Gasteiger partial charge is 0.573 e. The highest BCUT2D eigenvalue weighted by atomic mass is 19.4. The molecule has 2 aromatic rings. The molecule has 1 heterocycles. The molecule has 3 unspecified atom stereocenters. The Morgan fingerprint density at radius 2 is 1.76 bits per heavy atom. The average Bonchev–Trinajstić information content (AvgIpc) is 3.23. The highest BCUT2D eigenvalue weighted by molar-refractivity contribution is 6.46. The first-order chi connectivity index (χ1) is 21.0. The van der Waals surface area contributed by atoms with E-state index in [1.54, 1.807) is 35.2 Å². The van der Waals surface area contributed by atoms with Gasteiger partial charge in [-0.25, -0.2) is 0 Å². The fourth-order valence-electron chi connectivity index (χ4n) is 5.55. The van der Waals surface area contributed by atoms with E-state index in [0.29, 0.717) is 24.3 Å². The molecular weight excluding hydrogens is 587 g/mol. The lowest BCUT2D eigenvalue weighted by atomic mass is 9.75. The normalized spacial score (nSPS) is 18.4. The Labute approximate surface area is 263 Å². The first-order valence-corrected chi connectivity index (χ1v) is 15.4. The number of alkyl halides is 3. The topological polar surface area (TPSA) is 108 Å². The quantitative estimate of drug-likeness (QED) is 0.211. The van der Waals surface area contributed by atoms with E-state index in [1.807, 2.05) is 13.8 Å². The van der Waals surface area contributed by atoms with Gasteiger partial charge in [0.2, 0.25) is 0 Å². The minimum absolute atomic E-state index is 0.00238. The summed E-state index contributed by atoms with van der Waals surface area (Å²) >= 11 is 0. The van der Waals surface area contributed by atoms with Gasteiger partial charge in [0.1, 0.15) is 17.1 Å². The van der Waals surface area contributed by atoms with Crippen LogP contribution in [-0.4, -0.2) is 52.1 Å². The maximum absolute atomic E-state index is 14.3. The summed E-state index contributed by atoms with van der Waals surface area (Å²) in [5.41, 5.74) is 0.514. The molecule has 1 aliphatic rings. The van der Waals surface area contributed by atoms with Crippen molar-refractivity contribution in [3.8, 4) is 5.75 Å². The Bertz CT molecular complexity index is 1390. The molecule has 2 N–H and O–H groups in total. The minimum Gasteiger partial charge on any atom is -0.481 e. The Morgan fingerprint density at radius 1 is 1.09 bits per heavy atom. The molecule has 0 radical (unpaired) electrons. The lowest BCUT2D eigenvalue weighted by molar-refractivity contribution is -0.274. The number of ether oxygens (including phenoxy) is 1. The summed E-state index contributed by atoms with van der Waals surface area (Å²) in [6.45, 7) is 12.6. The molecule has 246 valence electrons. The predicted octanol–water partition coefficient (Wildman–Crippen LogP) is 7.53. The maximum atomic E-state index is 14.3. The molecule has 1 aliphatic heterocycles. The molecule has 0 aromatic heterocycles. The Hall–Kier alpha value is -3.89. The van der Waals surface area contributed by atoms with Gasteiger partial charge in [0.05, 0.1) is 12.5 Å². The van der Waals surface area contributed by atoms with Crippen LogP contribution in [0.2, 0.25) is 0 Å². The molecule has 0 spiro atoms. The number of hydrogen-bond donors (Lipinski definition) is 2. The Morgan fingerprint density at radius 3 is 2.33 bits per heavy atom. The number of carbonyl (C=O) groups is 3. The summed E-state index contributed by atoms with van der Waals surface area (Å²) in [5, 5.41) is 11.4. The summed E-state index contributed by atoms with van der Waals surface area (Å²) in [4.78, 5) is 44.3. The fourth-order valence-corrected chi connectivity index (χ4v) is 5.55. The van der Waals surface area contributed by atoms with E-state index in [0.717, 1.165) is 24.8 Å². The van der Waals surface area contributed by atoms with Gasteiger partial charge in [-0.1, -0.05) is 71.7 Å². The summed E-state index contributed by atoms with van der Waals surface area (Å²) < 4.78 is 43.1. The molecule has 0 bridgehead atoms. The number of carboxylic acids is 1. The number of aliphatic carboxylic acids is 1. The molecule has 0 fully saturated rings. The van der Waals surface area contributed by atoms with Crippen molar-refractivity contribution < 1.29 is 37.4 Å². The van der Waals surface area contributed by atoms with E-state index in [-0.39, 0.29) is 29.7 Å². The van der Waals surface area contributed by atoms with Crippen LogP contribution in [0.4, 0.5) is 13.2 Å². The molecule has 3 rings (SSSR count). The number of benzene rings is 2. The number of hydrogen-bond acceptors (Lipinski definition) is 5.